The number of ether oxygens (including phenoxy) is 2. The van der Waals surface area contributed by atoms with Crippen molar-refractivity contribution in [3.05, 3.63) is 0 Å². The predicted octanol–water partition coefficient (Wildman–Crippen LogP) is 3.54. The molecule has 0 aromatic heterocycles. The van der Waals surface area contributed by atoms with E-state index in [4.69, 9.17) is 9.47 Å². The molecule has 3 fully saturated rings. The van der Waals surface area contributed by atoms with Crippen LogP contribution in [0.15, 0.2) is 0 Å². The van der Waals surface area contributed by atoms with Crippen LogP contribution in [0.25, 0.3) is 0 Å². The molecule has 3 heteroatoms. The lowest BCUT2D eigenvalue weighted by Gasteiger charge is -2.48. The van der Waals surface area contributed by atoms with Crippen LogP contribution in [0.3, 0.4) is 0 Å². The van der Waals surface area contributed by atoms with Gasteiger partial charge in [-0.2, -0.15) is 0 Å². The number of rotatable bonds is 3. The van der Waals surface area contributed by atoms with E-state index in [9.17, 15) is 5.11 Å². The molecule has 0 aromatic rings. The Balaban J connectivity index is 1.66. The third kappa shape index (κ3) is 3.46. The molecule has 0 amide bonds. The van der Waals surface area contributed by atoms with Crippen LogP contribution in [0.1, 0.15) is 65.2 Å². The molecule has 0 aromatic carbocycles. The lowest BCUT2D eigenvalue weighted by atomic mass is 9.65. The molecule has 0 bridgehead atoms. The summed E-state index contributed by atoms with van der Waals surface area (Å²) in [5.74, 6) is 1.85. The molecular weight excluding hydrogens is 264 g/mol. The Morgan fingerprint density at radius 1 is 1.14 bits per heavy atom. The highest BCUT2D eigenvalue weighted by atomic mass is 16.6. The third-order valence-electron chi connectivity index (χ3n) is 5.99. The standard InChI is InChI=1S/C18H32O3/c1-14(2)10-15-4-3-6-18(19,11-15)16-5-8-21-17(12-16)7-9-20-13-17/h14-16,19H,3-13H2,1-2H3. The van der Waals surface area contributed by atoms with E-state index in [0.29, 0.717) is 11.8 Å². The van der Waals surface area contributed by atoms with Gasteiger partial charge in [-0.3, -0.25) is 0 Å². The fraction of sp³-hybridized carbons (Fsp3) is 1.00. The first-order valence-corrected chi connectivity index (χ1v) is 8.95. The van der Waals surface area contributed by atoms with Gasteiger partial charge in [0, 0.05) is 19.6 Å². The summed E-state index contributed by atoms with van der Waals surface area (Å²) in [6, 6.07) is 0. The average molecular weight is 296 g/mol. The highest BCUT2D eigenvalue weighted by Crippen LogP contribution is 2.47. The molecular formula is C18H32O3. The highest BCUT2D eigenvalue weighted by Gasteiger charge is 2.49. The molecule has 1 spiro atoms. The fourth-order valence-electron chi connectivity index (χ4n) is 4.99. The molecule has 3 aliphatic rings. The van der Waals surface area contributed by atoms with Gasteiger partial charge in [0.15, 0.2) is 0 Å². The Morgan fingerprint density at radius 2 is 2.00 bits per heavy atom. The normalized spacial score (nSPS) is 44.6. The van der Waals surface area contributed by atoms with Gasteiger partial charge in [-0.15, -0.1) is 0 Å². The van der Waals surface area contributed by atoms with Crippen LogP contribution in [-0.4, -0.2) is 36.1 Å². The zero-order chi connectivity index (χ0) is 14.9. The van der Waals surface area contributed by atoms with E-state index < -0.39 is 5.60 Å². The van der Waals surface area contributed by atoms with Crippen LogP contribution in [0, 0.1) is 17.8 Å². The minimum atomic E-state index is -0.447. The van der Waals surface area contributed by atoms with E-state index in [2.05, 4.69) is 13.8 Å². The molecule has 1 saturated carbocycles. The molecule has 3 nitrogen and oxygen atoms in total. The molecule has 1 N–H and O–H groups in total. The van der Waals surface area contributed by atoms with Gasteiger partial charge in [-0.1, -0.05) is 26.7 Å². The third-order valence-corrected chi connectivity index (χ3v) is 5.99. The number of hydrogen-bond donors (Lipinski definition) is 1. The molecule has 1 aliphatic carbocycles. The second kappa shape index (κ2) is 6.17. The van der Waals surface area contributed by atoms with Crippen molar-refractivity contribution in [1.29, 1.82) is 0 Å². The summed E-state index contributed by atoms with van der Waals surface area (Å²) in [4.78, 5) is 0. The lowest BCUT2D eigenvalue weighted by molar-refractivity contribution is -0.156. The van der Waals surface area contributed by atoms with Crippen LogP contribution < -0.4 is 0 Å². The zero-order valence-corrected chi connectivity index (χ0v) is 13.8. The van der Waals surface area contributed by atoms with Crippen molar-refractivity contribution in [3.8, 4) is 0 Å². The van der Waals surface area contributed by atoms with Gasteiger partial charge in [0.2, 0.25) is 0 Å². The largest absolute Gasteiger partial charge is 0.390 e. The van der Waals surface area contributed by atoms with Gasteiger partial charge in [0.1, 0.15) is 0 Å². The Bertz CT molecular complexity index is 348. The van der Waals surface area contributed by atoms with Crippen molar-refractivity contribution >= 4 is 0 Å². The summed E-state index contributed by atoms with van der Waals surface area (Å²) in [5.41, 5.74) is -0.527. The molecule has 2 heterocycles. The average Bonchev–Trinajstić information content (AvgIpc) is 2.86. The van der Waals surface area contributed by atoms with Crippen LogP contribution in [0.2, 0.25) is 0 Å². The lowest BCUT2D eigenvalue weighted by Crippen LogP contribution is -2.50. The van der Waals surface area contributed by atoms with Crippen LogP contribution in [0.5, 0.6) is 0 Å². The first-order valence-electron chi connectivity index (χ1n) is 8.95. The molecule has 4 unspecified atom stereocenters. The van der Waals surface area contributed by atoms with Crippen molar-refractivity contribution in [2.45, 2.75) is 76.4 Å². The van der Waals surface area contributed by atoms with Gasteiger partial charge >= 0.3 is 0 Å². The van der Waals surface area contributed by atoms with Crippen LogP contribution >= 0.6 is 0 Å². The minimum absolute atomic E-state index is 0.0797. The second-order valence-electron chi connectivity index (χ2n) is 8.22. The predicted molar refractivity (Wildman–Crippen MR) is 83.2 cm³/mol. The Kier molecular flexibility index (Phi) is 4.63. The van der Waals surface area contributed by atoms with E-state index in [1.807, 2.05) is 0 Å². The van der Waals surface area contributed by atoms with Crippen molar-refractivity contribution in [2.75, 3.05) is 19.8 Å². The Hall–Kier alpha value is -0.120. The maximum absolute atomic E-state index is 11.3. The minimum Gasteiger partial charge on any atom is -0.390 e. The fourth-order valence-corrected chi connectivity index (χ4v) is 4.99. The van der Waals surface area contributed by atoms with Gasteiger partial charge in [-0.05, 0) is 49.9 Å². The number of hydrogen-bond acceptors (Lipinski definition) is 3. The molecule has 3 rings (SSSR count). The monoisotopic (exact) mass is 296 g/mol. The maximum Gasteiger partial charge on any atom is 0.0940 e. The second-order valence-corrected chi connectivity index (χ2v) is 8.22. The smallest absolute Gasteiger partial charge is 0.0940 e. The van der Waals surface area contributed by atoms with Crippen molar-refractivity contribution < 1.29 is 14.6 Å². The molecule has 122 valence electrons. The maximum atomic E-state index is 11.3. The summed E-state index contributed by atoms with van der Waals surface area (Å²) < 4.78 is 11.6. The first-order chi connectivity index (χ1) is 10.0. The van der Waals surface area contributed by atoms with E-state index in [1.165, 1.54) is 19.3 Å². The Morgan fingerprint density at radius 3 is 2.71 bits per heavy atom. The molecule has 2 aliphatic heterocycles. The SMILES string of the molecule is CC(C)CC1CCCC(O)(C2CCOC3(CCOC3)C2)C1. The summed E-state index contributed by atoms with van der Waals surface area (Å²) >= 11 is 0. The van der Waals surface area contributed by atoms with E-state index in [0.717, 1.165) is 57.8 Å². The molecule has 0 radical (unpaired) electrons. The summed E-state index contributed by atoms with van der Waals surface area (Å²) in [6.45, 7) is 6.95. The summed E-state index contributed by atoms with van der Waals surface area (Å²) in [7, 11) is 0. The van der Waals surface area contributed by atoms with Crippen LogP contribution in [-0.2, 0) is 9.47 Å². The van der Waals surface area contributed by atoms with E-state index in [1.54, 1.807) is 0 Å². The van der Waals surface area contributed by atoms with Crippen molar-refractivity contribution in [2.24, 2.45) is 17.8 Å². The topological polar surface area (TPSA) is 38.7 Å². The first kappa shape index (κ1) is 15.8. The molecule has 4 atom stereocenters. The summed E-state index contributed by atoms with van der Waals surface area (Å²) in [5, 5.41) is 11.3. The number of aliphatic hydroxyl groups is 1. The van der Waals surface area contributed by atoms with Crippen molar-refractivity contribution in [3.63, 3.8) is 0 Å². The van der Waals surface area contributed by atoms with Gasteiger partial charge in [-0.25, -0.2) is 0 Å². The summed E-state index contributed by atoms with van der Waals surface area (Å²) in [6.07, 6.45) is 8.78. The van der Waals surface area contributed by atoms with Crippen molar-refractivity contribution in [1.82, 2.24) is 0 Å². The van der Waals surface area contributed by atoms with Gasteiger partial charge < -0.3 is 14.6 Å². The van der Waals surface area contributed by atoms with Crippen LogP contribution in [0.4, 0.5) is 0 Å². The quantitative estimate of drug-likeness (QED) is 0.866. The van der Waals surface area contributed by atoms with Gasteiger partial charge in [0.25, 0.3) is 0 Å². The van der Waals surface area contributed by atoms with E-state index >= 15 is 0 Å². The highest BCUT2D eigenvalue weighted by molar-refractivity contribution is 4.99. The molecule has 2 saturated heterocycles. The van der Waals surface area contributed by atoms with Gasteiger partial charge in [0.05, 0.1) is 17.8 Å². The Labute approximate surface area is 129 Å². The van der Waals surface area contributed by atoms with E-state index in [-0.39, 0.29) is 5.60 Å². The zero-order valence-electron chi connectivity index (χ0n) is 13.8. The molecule has 21 heavy (non-hydrogen) atoms.